The standard InChI is InChI=1S/C20H16ClN2O3PS/c1-27(25,26)19(17-12-28-18-7-6-15(21)10-16(17)18)20(24)23-9-8-13-4-2-3-5-14(13)11-22/h2-10,12,19H,1H3,(H,23,24)(H,25,26)/b9-8+. The summed E-state index contributed by atoms with van der Waals surface area (Å²) in [5.74, 6) is -0.598. The van der Waals surface area contributed by atoms with Crippen LogP contribution < -0.4 is 5.32 Å². The zero-order valence-electron chi connectivity index (χ0n) is 14.8. The van der Waals surface area contributed by atoms with E-state index in [4.69, 9.17) is 16.9 Å². The predicted molar refractivity (Wildman–Crippen MR) is 114 cm³/mol. The third kappa shape index (κ3) is 4.35. The van der Waals surface area contributed by atoms with Gasteiger partial charge in [0.15, 0.2) is 0 Å². The first-order valence-electron chi connectivity index (χ1n) is 8.24. The summed E-state index contributed by atoms with van der Waals surface area (Å²) in [4.78, 5) is 23.0. The number of nitrogens with one attached hydrogen (secondary N) is 1. The lowest BCUT2D eigenvalue weighted by Crippen LogP contribution is -2.25. The van der Waals surface area contributed by atoms with Gasteiger partial charge in [0.25, 0.3) is 0 Å². The van der Waals surface area contributed by atoms with Crippen molar-refractivity contribution in [1.82, 2.24) is 5.32 Å². The molecule has 0 radical (unpaired) electrons. The molecule has 1 amide bonds. The lowest BCUT2D eigenvalue weighted by atomic mass is 10.1. The minimum absolute atomic E-state index is 0.464. The van der Waals surface area contributed by atoms with Crippen LogP contribution in [0.4, 0.5) is 0 Å². The van der Waals surface area contributed by atoms with E-state index < -0.39 is 18.9 Å². The molecule has 8 heteroatoms. The summed E-state index contributed by atoms with van der Waals surface area (Å²) in [5, 5.41) is 14.6. The fraction of sp³-hybridized carbons (Fsp3) is 0.100. The summed E-state index contributed by atoms with van der Waals surface area (Å²) in [5.41, 5.74) is 0.347. The second-order valence-electron chi connectivity index (χ2n) is 6.22. The zero-order valence-corrected chi connectivity index (χ0v) is 17.3. The molecule has 0 bridgehead atoms. The summed E-state index contributed by atoms with van der Waals surface area (Å²) >= 11 is 7.45. The Morgan fingerprint density at radius 3 is 2.82 bits per heavy atom. The van der Waals surface area contributed by atoms with E-state index in [0.717, 1.165) is 4.70 Å². The molecule has 1 heterocycles. The Hall–Kier alpha value is -2.42. The number of hydrogen-bond acceptors (Lipinski definition) is 4. The van der Waals surface area contributed by atoms with Crippen molar-refractivity contribution < 1.29 is 14.3 Å². The molecule has 142 valence electrons. The SMILES string of the molecule is CP(=O)(O)C(C(=O)N/C=C/c1ccccc1C#N)c1csc2ccc(Cl)cc12. The maximum absolute atomic E-state index is 12.8. The van der Waals surface area contributed by atoms with Gasteiger partial charge in [-0.25, -0.2) is 0 Å². The largest absolute Gasteiger partial charge is 0.344 e. The molecular formula is C20H16ClN2O3PS. The van der Waals surface area contributed by atoms with Crippen molar-refractivity contribution in [3.8, 4) is 6.07 Å². The molecule has 2 atom stereocenters. The van der Waals surface area contributed by atoms with Crippen LogP contribution in [0.5, 0.6) is 0 Å². The van der Waals surface area contributed by atoms with Gasteiger partial charge in [0, 0.05) is 22.6 Å². The highest BCUT2D eigenvalue weighted by Gasteiger charge is 2.36. The molecule has 0 spiro atoms. The molecule has 28 heavy (non-hydrogen) atoms. The number of benzene rings is 2. The third-order valence-corrected chi connectivity index (χ3v) is 6.84. The maximum atomic E-state index is 12.8. The summed E-state index contributed by atoms with van der Waals surface area (Å²) in [6.45, 7) is 1.17. The number of fused-ring (bicyclic) bond motifs is 1. The lowest BCUT2D eigenvalue weighted by Gasteiger charge is -2.18. The summed E-state index contributed by atoms with van der Waals surface area (Å²) in [7, 11) is -3.80. The van der Waals surface area contributed by atoms with Crippen LogP contribution in [0.1, 0.15) is 22.3 Å². The van der Waals surface area contributed by atoms with E-state index in [1.807, 2.05) is 6.07 Å². The van der Waals surface area contributed by atoms with E-state index in [2.05, 4.69) is 11.4 Å². The predicted octanol–water partition coefficient (Wildman–Crippen LogP) is 5.15. The minimum atomic E-state index is -3.80. The van der Waals surface area contributed by atoms with Crippen molar-refractivity contribution in [2.75, 3.05) is 6.66 Å². The molecule has 0 saturated heterocycles. The Morgan fingerprint density at radius 1 is 1.36 bits per heavy atom. The van der Waals surface area contributed by atoms with Gasteiger partial charge in [-0.15, -0.1) is 11.3 Å². The number of nitriles is 1. The molecule has 2 aromatic carbocycles. The first kappa shape index (κ1) is 20.3. The van der Waals surface area contributed by atoms with Crippen molar-refractivity contribution in [3.63, 3.8) is 0 Å². The minimum Gasteiger partial charge on any atom is -0.344 e. The van der Waals surface area contributed by atoms with Crippen molar-refractivity contribution in [2.24, 2.45) is 0 Å². The fourth-order valence-electron chi connectivity index (χ4n) is 2.89. The molecular weight excluding hydrogens is 415 g/mol. The van der Waals surface area contributed by atoms with Crippen LogP contribution in [-0.2, 0) is 9.36 Å². The number of carbonyl (C=O) groups is 1. The van der Waals surface area contributed by atoms with Gasteiger partial charge in [-0.2, -0.15) is 5.26 Å². The van der Waals surface area contributed by atoms with Crippen LogP contribution in [-0.4, -0.2) is 17.5 Å². The van der Waals surface area contributed by atoms with Crippen molar-refractivity contribution in [3.05, 3.63) is 75.8 Å². The number of nitrogens with zero attached hydrogens (tertiary/aromatic N) is 1. The van der Waals surface area contributed by atoms with Crippen molar-refractivity contribution in [2.45, 2.75) is 5.66 Å². The number of halogens is 1. The highest BCUT2D eigenvalue weighted by atomic mass is 35.5. The number of carbonyl (C=O) groups excluding carboxylic acids is 1. The fourth-order valence-corrected chi connectivity index (χ4v) is 5.37. The molecule has 2 unspecified atom stereocenters. The van der Waals surface area contributed by atoms with Gasteiger partial charge in [0.05, 0.1) is 11.6 Å². The quantitative estimate of drug-likeness (QED) is 0.547. The second kappa shape index (κ2) is 8.30. The van der Waals surface area contributed by atoms with E-state index in [0.29, 0.717) is 27.1 Å². The summed E-state index contributed by atoms with van der Waals surface area (Å²) in [6, 6.07) is 14.2. The van der Waals surface area contributed by atoms with Crippen LogP contribution in [0.25, 0.3) is 16.2 Å². The first-order chi connectivity index (χ1) is 13.3. The first-order valence-corrected chi connectivity index (χ1v) is 11.7. The number of amides is 1. The van der Waals surface area contributed by atoms with Crippen LogP contribution >= 0.6 is 30.3 Å². The number of hydrogen-bond donors (Lipinski definition) is 2. The molecule has 3 rings (SSSR count). The average molecular weight is 431 g/mol. The number of thiophene rings is 1. The van der Waals surface area contributed by atoms with E-state index in [9.17, 15) is 14.3 Å². The van der Waals surface area contributed by atoms with Crippen molar-refractivity contribution in [1.29, 1.82) is 5.26 Å². The Labute approximate surface area is 171 Å². The molecule has 5 nitrogen and oxygen atoms in total. The molecule has 0 saturated carbocycles. The Morgan fingerprint density at radius 2 is 2.11 bits per heavy atom. The van der Waals surface area contributed by atoms with Crippen molar-refractivity contribution >= 4 is 52.4 Å². The van der Waals surface area contributed by atoms with Crippen LogP contribution in [0, 0.1) is 11.3 Å². The van der Waals surface area contributed by atoms with Gasteiger partial charge in [0.1, 0.15) is 5.66 Å². The lowest BCUT2D eigenvalue weighted by molar-refractivity contribution is -0.120. The molecule has 0 aliphatic rings. The normalized spacial score (nSPS) is 14.5. The number of rotatable bonds is 5. The molecule has 1 aromatic heterocycles. The molecule has 0 aliphatic carbocycles. The Kier molecular flexibility index (Phi) is 6.02. The van der Waals surface area contributed by atoms with E-state index in [1.54, 1.807) is 47.9 Å². The van der Waals surface area contributed by atoms with Gasteiger partial charge in [0.2, 0.25) is 13.3 Å². The average Bonchev–Trinajstić information content (AvgIpc) is 3.03. The van der Waals surface area contributed by atoms with Gasteiger partial charge in [-0.05, 0) is 52.2 Å². The van der Waals surface area contributed by atoms with E-state index >= 15 is 0 Å². The monoisotopic (exact) mass is 430 g/mol. The van der Waals surface area contributed by atoms with Gasteiger partial charge in [-0.1, -0.05) is 29.8 Å². The third-order valence-electron chi connectivity index (χ3n) is 4.16. The van der Waals surface area contributed by atoms with Gasteiger partial charge in [-0.3, -0.25) is 9.36 Å². The Bertz CT molecular complexity index is 1160. The second-order valence-corrected chi connectivity index (χ2v) is 9.97. The Balaban J connectivity index is 1.91. The van der Waals surface area contributed by atoms with E-state index in [-0.39, 0.29) is 0 Å². The topological polar surface area (TPSA) is 90.2 Å². The molecule has 2 N–H and O–H groups in total. The van der Waals surface area contributed by atoms with Crippen LogP contribution in [0.3, 0.4) is 0 Å². The highest BCUT2D eigenvalue weighted by molar-refractivity contribution is 7.58. The maximum Gasteiger partial charge on any atom is 0.241 e. The zero-order chi connectivity index (χ0) is 20.3. The summed E-state index contributed by atoms with van der Waals surface area (Å²) < 4.78 is 13.4. The van der Waals surface area contributed by atoms with Crippen LogP contribution in [0.15, 0.2) is 54.0 Å². The van der Waals surface area contributed by atoms with Crippen LogP contribution in [0.2, 0.25) is 5.02 Å². The molecule has 0 fully saturated rings. The molecule has 0 aliphatic heterocycles. The molecule has 3 aromatic rings. The summed E-state index contributed by atoms with van der Waals surface area (Å²) in [6.07, 6.45) is 2.96. The smallest absolute Gasteiger partial charge is 0.241 e. The van der Waals surface area contributed by atoms with Gasteiger partial charge >= 0.3 is 0 Å². The van der Waals surface area contributed by atoms with Gasteiger partial charge < -0.3 is 10.2 Å². The highest BCUT2D eigenvalue weighted by Crippen LogP contribution is 2.54. The van der Waals surface area contributed by atoms with E-state index in [1.165, 1.54) is 24.2 Å².